The van der Waals surface area contributed by atoms with Crippen LogP contribution in [0.2, 0.25) is 5.02 Å². The van der Waals surface area contributed by atoms with Gasteiger partial charge in [-0.15, -0.1) is 0 Å². The number of nitrogens with one attached hydrogen (secondary N) is 2. The van der Waals surface area contributed by atoms with Crippen LogP contribution in [-0.2, 0) is 4.79 Å². The number of nitrogens with zero attached hydrogens (tertiary/aromatic N) is 3. The molecule has 0 radical (unpaired) electrons. The molecule has 34 heavy (non-hydrogen) atoms. The minimum atomic E-state index is -0.501. The van der Waals surface area contributed by atoms with Crippen molar-refractivity contribution in [2.24, 2.45) is 0 Å². The maximum absolute atomic E-state index is 13.5. The fourth-order valence-corrected chi connectivity index (χ4v) is 4.07. The predicted octanol–water partition coefficient (Wildman–Crippen LogP) is 5.55. The molecule has 1 aliphatic heterocycles. The molecule has 2 heterocycles. The van der Waals surface area contributed by atoms with E-state index in [9.17, 15) is 9.18 Å². The maximum Gasteiger partial charge on any atom is 0.248 e. The van der Waals surface area contributed by atoms with Crippen LogP contribution in [0, 0.1) is 5.82 Å². The van der Waals surface area contributed by atoms with Crippen LogP contribution in [0.4, 0.5) is 21.6 Å². The monoisotopic (exact) mass is 483 g/mol. The standard InChI is InChI=1S/C25H27ClFN5O2/c1-2-34-23-15-21-18(25(29-16-28-21)30-17-8-9-20(27)19(26)13-17)14-22(23)31-24(33)7-6-12-32-10-4-3-5-11-32/h6-9,13-16H,2-5,10-12H2,1H3,(H,31,33)(H,28,29,30)/b7-6+. The van der Waals surface area contributed by atoms with Crippen molar-refractivity contribution < 1.29 is 13.9 Å². The van der Waals surface area contributed by atoms with E-state index in [1.165, 1.54) is 37.7 Å². The number of likely N-dealkylation sites (tertiary alicyclic amines) is 1. The molecule has 0 unspecified atom stereocenters. The first kappa shape index (κ1) is 23.9. The van der Waals surface area contributed by atoms with Gasteiger partial charge in [0.15, 0.2) is 0 Å². The predicted molar refractivity (Wildman–Crippen MR) is 133 cm³/mol. The number of halogens is 2. The number of benzene rings is 2. The van der Waals surface area contributed by atoms with Crippen molar-refractivity contribution in [1.82, 2.24) is 14.9 Å². The van der Waals surface area contributed by atoms with Crippen molar-refractivity contribution in [3.05, 3.63) is 59.7 Å². The van der Waals surface area contributed by atoms with Crippen LogP contribution in [0.3, 0.4) is 0 Å². The first-order valence-corrected chi connectivity index (χ1v) is 11.7. The summed E-state index contributed by atoms with van der Waals surface area (Å²) < 4.78 is 19.3. The summed E-state index contributed by atoms with van der Waals surface area (Å²) >= 11 is 5.91. The molecule has 2 aromatic carbocycles. The number of anilines is 3. The Morgan fingerprint density at radius 3 is 2.79 bits per heavy atom. The Morgan fingerprint density at radius 1 is 1.21 bits per heavy atom. The summed E-state index contributed by atoms with van der Waals surface area (Å²) in [5, 5.41) is 6.72. The summed E-state index contributed by atoms with van der Waals surface area (Å²) in [5.41, 5.74) is 1.72. The highest BCUT2D eigenvalue weighted by Crippen LogP contribution is 2.34. The summed E-state index contributed by atoms with van der Waals surface area (Å²) in [6.07, 6.45) is 8.55. The van der Waals surface area contributed by atoms with Gasteiger partial charge in [-0.3, -0.25) is 9.69 Å². The number of amides is 1. The fourth-order valence-electron chi connectivity index (χ4n) is 3.89. The lowest BCUT2D eigenvalue weighted by Crippen LogP contribution is -2.29. The lowest BCUT2D eigenvalue weighted by molar-refractivity contribution is -0.111. The molecule has 3 aromatic rings. The van der Waals surface area contributed by atoms with Gasteiger partial charge in [-0.05, 0) is 57.1 Å². The fraction of sp³-hybridized carbons (Fsp3) is 0.320. The lowest BCUT2D eigenvalue weighted by atomic mass is 10.1. The molecule has 7 nitrogen and oxygen atoms in total. The van der Waals surface area contributed by atoms with Crippen LogP contribution in [-0.4, -0.2) is 47.0 Å². The molecule has 0 saturated carbocycles. The van der Waals surface area contributed by atoms with Gasteiger partial charge in [-0.2, -0.15) is 0 Å². The second kappa shape index (κ2) is 11.3. The van der Waals surface area contributed by atoms with Gasteiger partial charge < -0.3 is 15.4 Å². The van der Waals surface area contributed by atoms with Gasteiger partial charge in [-0.25, -0.2) is 14.4 Å². The van der Waals surface area contributed by atoms with E-state index in [0.29, 0.717) is 40.5 Å². The van der Waals surface area contributed by atoms with Gasteiger partial charge in [0, 0.05) is 29.8 Å². The molecular weight excluding hydrogens is 457 g/mol. The van der Waals surface area contributed by atoms with E-state index in [4.69, 9.17) is 16.3 Å². The molecular formula is C25H27ClFN5O2. The van der Waals surface area contributed by atoms with E-state index < -0.39 is 5.82 Å². The molecule has 0 aliphatic carbocycles. The SMILES string of the molecule is CCOc1cc2ncnc(Nc3ccc(F)c(Cl)c3)c2cc1NC(=O)/C=C/CN1CCCCC1. The molecule has 9 heteroatoms. The zero-order valence-corrected chi connectivity index (χ0v) is 19.7. The highest BCUT2D eigenvalue weighted by atomic mass is 35.5. The van der Waals surface area contributed by atoms with E-state index in [2.05, 4.69) is 25.5 Å². The summed E-state index contributed by atoms with van der Waals surface area (Å²) in [6.45, 7) is 5.20. The zero-order chi connectivity index (χ0) is 23.9. The summed E-state index contributed by atoms with van der Waals surface area (Å²) in [5.74, 6) is 0.266. The summed E-state index contributed by atoms with van der Waals surface area (Å²) in [6, 6.07) is 7.86. The molecule has 178 valence electrons. The number of hydrogen-bond acceptors (Lipinski definition) is 6. The van der Waals surface area contributed by atoms with Gasteiger partial charge in [0.1, 0.15) is 23.7 Å². The van der Waals surface area contributed by atoms with Crippen LogP contribution < -0.4 is 15.4 Å². The van der Waals surface area contributed by atoms with Crippen LogP contribution in [0.1, 0.15) is 26.2 Å². The van der Waals surface area contributed by atoms with Crippen molar-refractivity contribution in [1.29, 1.82) is 0 Å². The van der Waals surface area contributed by atoms with Gasteiger partial charge in [0.2, 0.25) is 5.91 Å². The van der Waals surface area contributed by atoms with Crippen molar-refractivity contribution in [3.8, 4) is 5.75 Å². The van der Waals surface area contributed by atoms with E-state index >= 15 is 0 Å². The lowest BCUT2D eigenvalue weighted by Gasteiger charge is -2.24. The van der Waals surface area contributed by atoms with Crippen LogP contribution >= 0.6 is 11.6 Å². The average molecular weight is 484 g/mol. The van der Waals surface area contributed by atoms with Crippen LogP contribution in [0.25, 0.3) is 10.9 Å². The first-order chi connectivity index (χ1) is 16.5. The van der Waals surface area contributed by atoms with Gasteiger partial charge >= 0.3 is 0 Å². The van der Waals surface area contributed by atoms with Crippen molar-refractivity contribution in [3.63, 3.8) is 0 Å². The Bertz CT molecular complexity index is 1200. The minimum absolute atomic E-state index is 0.00582. The largest absolute Gasteiger partial charge is 0.492 e. The highest BCUT2D eigenvalue weighted by Gasteiger charge is 2.14. The summed E-state index contributed by atoms with van der Waals surface area (Å²) in [4.78, 5) is 23.6. The number of hydrogen-bond donors (Lipinski definition) is 2. The van der Waals surface area contributed by atoms with Crippen LogP contribution in [0.5, 0.6) is 5.75 Å². The van der Waals surface area contributed by atoms with Gasteiger partial charge in [0.05, 0.1) is 22.8 Å². The number of fused-ring (bicyclic) bond motifs is 1. The Balaban J connectivity index is 1.57. The molecule has 1 aromatic heterocycles. The molecule has 4 rings (SSSR count). The molecule has 0 bridgehead atoms. The Kier molecular flexibility index (Phi) is 7.92. The smallest absolute Gasteiger partial charge is 0.248 e. The highest BCUT2D eigenvalue weighted by molar-refractivity contribution is 6.31. The number of ether oxygens (including phenoxy) is 1. The zero-order valence-electron chi connectivity index (χ0n) is 19.0. The van der Waals surface area contributed by atoms with E-state index in [0.717, 1.165) is 19.6 Å². The molecule has 0 spiro atoms. The Morgan fingerprint density at radius 2 is 2.03 bits per heavy atom. The second-order valence-corrected chi connectivity index (χ2v) is 8.43. The van der Waals surface area contributed by atoms with Crippen molar-refractivity contribution in [2.75, 3.05) is 36.9 Å². The van der Waals surface area contributed by atoms with Crippen molar-refractivity contribution in [2.45, 2.75) is 26.2 Å². The number of aromatic nitrogens is 2. The van der Waals surface area contributed by atoms with Crippen molar-refractivity contribution >= 4 is 45.6 Å². The van der Waals surface area contributed by atoms with E-state index in [-0.39, 0.29) is 10.9 Å². The van der Waals surface area contributed by atoms with E-state index in [1.54, 1.807) is 24.3 Å². The molecule has 2 N–H and O–H groups in total. The Hall–Kier alpha value is -3.23. The third kappa shape index (κ3) is 6.01. The van der Waals surface area contributed by atoms with E-state index in [1.807, 2.05) is 13.0 Å². The van der Waals surface area contributed by atoms with Crippen LogP contribution in [0.15, 0.2) is 48.8 Å². The summed E-state index contributed by atoms with van der Waals surface area (Å²) in [7, 11) is 0. The molecule has 1 amide bonds. The number of carbonyl (C=O) groups is 1. The maximum atomic E-state index is 13.5. The third-order valence-electron chi connectivity index (χ3n) is 5.56. The van der Waals surface area contributed by atoms with Gasteiger partial charge in [-0.1, -0.05) is 24.1 Å². The quantitative estimate of drug-likeness (QED) is 0.409. The second-order valence-electron chi connectivity index (χ2n) is 8.03. The first-order valence-electron chi connectivity index (χ1n) is 11.4. The number of carbonyl (C=O) groups excluding carboxylic acids is 1. The van der Waals surface area contributed by atoms with Gasteiger partial charge in [0.25, 0.3) is 0 Å². The molecule has 0 atom stereocenters. The molecule has 1 saturated heterocycles. The number of piperidine rings is 1. The minimum Gasteiger partial charge on any atom is -0.492 e. The molecule has 1 fully saturated rings. The normalized spacial score (nSPS) is 14.4. The molecule has 1 aliphatic rings. The average Bonchev–Trinajstić information content (AvgIpc) is 2.83. The Labute approximate surface area is 203 Å². The third-order valence-corrected chi connectivity index (χ3v) is 5.85. The number of rotatable bonds is 8. The topological polar surface area (TPSA) is 79.4 Å².